The van der Waals surface area contributed by atoms with Crippen molar-refractivity contribution >= 4 is 17.0 Å². The first-order chi connectivity index (χ1) is 9.70. The number of benzene rings is 1. The third-order valence-corrected chi connectivity index (χ3v) is 4.28. The summed E-state index contributed by atoms with van der Waals surface area (Å²) in [4.78, 5) is 6.71. The van der Waals surface area contributed by atoms with Crippen LogP contribution in [0, 0.1) is 5.82 Å². The summed E-state index contributed by atoms with van der Waals surface area (Å²) in [5.41, 5.74) is 2.06. The minimum absolute atomic E-state index is 0.204. The van der Waals surface area contributed by atoms with Gasteiger partial charge in [0, 0.05) is 30.7 Å². The lowest BCUT2D eigenvalue weighted by molar-refractivity contribution is 0.627. The maximum absolute atomic E-state index is 12.9. The van der Waals surface area contributed by atoms with Gasteiger partial charge >= 0.3 is 0 Å². The number of thiazole rings is 1. The summed E-state index contributed by atoms with van der Waals surface area (Å²) in [5, 5.41) is 6.71. The van der Waals surface area contributed by atoms with E-state index >= 15 is 0 Å². The van der Waals surface area contributed by atoms with Crippen LogP contribution in [0.2, 0.25) is 0 Å². The van der Waals surface area contributed by atoms with Crippen molar-refractivity contribution in [3.63, 3.8) is 0 Å². The van der Waals surface area contributed by atoms with Crippen LogP contribution in [0.4, 0.5) is 10.1 Å². The van der Waals surface area contributed by atoms with Crippen molar-refractivity contribution in [3.05, 3.63) is 46.2 Å². The van der Waals surface area contributed by atoms with Crippen LogP contribution in [0.15, 0.2) is 29.6 Å². The Bertz CT molecular complexity index is 563. The molecule has 1 aliphatic carbocycles. The molecule has 1 heterocycles. The normalized spacial score (nSPS) is 14.5. The number of hydrogen-bond donors (Lipinski definition) is 1. The predicted molar refractivity (Wildman–Crippen MR) is 80.5 cm³/mol. The van der Waals surface area contributed by atoms with E-state index in [0.717, 1.165) is 29.5 Å². The van der Waals surface area contributed by atoms with Crippen molar-refractivity contribution in [2.75, 3.05) is 11.9 Å². The van der Waals surface area contributed by atoms with Crippen LogP contribution in [0.5, 0.6) is 0 Å². The van der Waals surface area contributed by atoms with Gasteiger partial charge in [0.25, 0.3) is 0 Å². The second kappa shape index (κ2) is 5.89. The summed E-state index contributed by atoms with van der Waals surface area (Å²) in [5.74, 6) is -0.204. The number of anilines is 1. The molecule has 0 amide bonds. The fourth-order valence-electron chi connectivity index (χ4n) is 2.05. The van der Waals surface area contributed by atoms with E-state index in [4.69, 9.17) is 0 Å². The van der Waals surface area contributed by atoms with E-state index in [1.807, 2.05) is 7.05 Å². The summed E-state index contributed by atoms with van der Waals surface area (Å²) in [7, 11) is 1.99. The van der Waals surface area contributed by atoms with Crippen molar-refractivity contribution in [3.8, 4) is 0 Å². The molecule has 1 saturated carbocycles. The van der Waals surface area contributed by atoms with Gasteiger partial charge in [-0.15, -0.1) is 11.3 Å². The standard InChI is InChI=1S/C15H18FN3S/c1-19(14-6-2-11(16)3-7-14)9-13-10-20-15(18-13)8-17-12-4-5-12/h2-3,6-7,10,12,17H,4-5,8-9H2,1H3. The van der Waals surface area contributed by atoms with E-state index < -0.39 is 0 Å². The molecule has 0 saturated heterocycles. The Hall–Kier alpha value is -1.46. The van der Waals surface area contributed by atoms with Gasteiger partial charge in [-0.2, -0.15) is 0 Å². The van der Waals surface area contributed by atoms with Gasteiger partial charge in [-0.1, -0.05) is 0 Å². The summed E-state index contributed by atoms with van der Waals surface area (Å²) >= 11 is 1.70. The lowest BCUT2D eigenvalue weighted by Gasteiger charge is -2.17. The minimum Gasteiger partial charge on any atom is -0.369 e. The maximum atomic E-state index is 12.9. The van der Waals surface area contributed by atoms with Gasteiger partial charge in [0.2, 0.25) is 0 Å². The molecule has 3 nitrogen and oxygen atoms in total. The zero-order valence-corrected chi connectivity index (χ0v) is 12.3. The van der Waals surface area contributed by atoms with E-state index in [2.05, 4.69) is 20.6 Å². The number of halogens is 1. The fraction of sp³-hybridized carbons (Fsp3) is 0.400. The average molecular weight is 291 g/mol. The van der Waals surface area contributed by atoms with E-state index in [9.17, 15) is 4.39 Å². The summed E-state index contributed by atoms with van der Waals surface area (Å²) < 4.78 is 12.9. The minimum atomic E-state index is -0.204. The van der Waals surface area contributed by atoms with E-state index in [1.54, 1.807) is 23.5 Å². The van der Waals surface area contributed by atoms with Gasteiger partial charge in [-0.05, 0) is 37.1 Å². The Kier molecular flexibility index (Phi) is 3.98. The Labute approximate surface area is 122 Å². The van der Waals surface area contributed by atoms with Crippen LogP contribution < -0.4 is 10.2 Å². The molecule has 1 fully saturated rings. The Balaban J connectivity index is 1.57. The molecule has 106 valence electrons. The number of rotatable bonds is 6. The molecule has 1 aromatic carbocycles. The molecule has 1 N–H and O–H groups in total. The zero-order chi connectivity index (χ0) is 13.9. The van der Waals surface area contributed by atoms with Crippen molar-refractivity contribution in [1.82, 2.24) is 10.3 Å². The third kappa shape index (κ3) is 3.55. The Morgan fingerprint density at radius 1 is 1.35 bits per heavy atom. The maximum Gasteiger partial charge on any atom is 0.123 e. The van der Waals surface area contributed by atoms with Gasteiger partial charge in [0.1, 0.15) is 10.8 Å². The quantitative estimate of drug-likeness (QED) is 0.886. The van der Waals surface area contributed by atoms with Crippen molar-refractivity contribution in [2.45, 2.75) is 32.0 Å². The Morgan fingerprint density at radius 3 is 2.80 bits per heavy atom. The third-order valence-electron chi connectivity index (χ3n) is 3.39. The Morgan fingerprint density at radius 2 is 2.10 bits per heavy atom. The summed E-state index contributed by atoms with van der Waals surface area (Å²) in [6.45, 7) is 1.61. The molecular formula is C15H18FN3S. The van der Waals surface area contributed by atoms with E-state index in [-0.39, 0.29) is 5.82 Å². The highest BCUT2D eigenvalue weighted by molar-refractivity contribution is 7.09. The highest BCUT2D eigenvalue weighted by Gasteiger charge is 2.20. The van der Waals surface area contributed by atoms with Crippen LogP contribution in [0.1, 0.15) is 23.5 Å². The predicted octanol–water partition coefficient (Wildman–Crippen LogP) is 3.17. The molecule has 1 aromatic heterocycles. The van der Waals surface area contributed by atoms with Gasteiger partial charge in [-0.3, -0.25) is 0 Å². The molecule has 0 radical (unpaired) electrons. The molecular weight excluding hydrogens is 273 g/mol. The first-order valence-electron chi connectivity index (χ1n) is 6.84. The number of nitrogens with zero attached hydrogens (tertiary/aromatic N) is 2. The average Bonchev–Trinajstić information content (AvgIpc) is 3.17. The van der Waals surface area contributed by atoms with Crippen LogP contribution >= 0.6 is 11.3 Å². The highest BCUT2D eigenvalue weighted by atomic mass is 32.1. The fourth-order valence-corrected chi connectivity index (χ4v) is 2.79. The van der Waals surface area contributed by atoms with E-state index in [0.29, 0.717) is 6.04 Å². The van der Waals surface area contributed by atoms with Crippen LogP contribution in [0.25, 0.3) is 0 Å². The van der Waals surface area contributed by atoms with Crippen LogP contribution in [-0.4, -0.2) is 18.1 Å². The molecule has 3 rings (SSSR count). The summed E-state index contributed by atoms with van der Waals surface area (Å²) in [6, 6.07) is 7.26. The molecule has 0 spiro atoms. The van der Waals surface area contributed by atoms with Crippen LogP contribution in [0.3, 0.4) is 0 Å². The number of nitrogens with one attached hydrogen (secondary N) is 1. The molecule has 0 atom stereocenters. The first-order valence-corrected chi connectivity index (χ1v) is 7.72. The van der Waals surface area contributed by atoms with Crippen LogP contribution in [-0.2, 0) is 13.1 Å². The van der Waals surface area contributed by atoms with Crippen molar-refractivity contribution in [2.24, 2.45) is 0 Å². The molecule has 1 aliphatic rings. The molecule has 0 bridgehead atoms. The smallest absolute Gasteiger partial charge is 0.123 e. The monoisotopic (exact) mass is 291 g/mol. The van der Waals surface area contributed by atoms with Crippen molar-refractivity contribution in [1.29, 1.82) is 0 Å². The molecule has 5 heteroatoms. The first kappa shape index (κ1) is 13.5. The highest BCUT2D eigenvalue weighted by Crippen LogP contribution is 2.21. The lowest BCUT2D eigenvalue weighted by Crippen LogP contribution is -2.17. The topological polar surface area (TPSA) is 28.2 Å². The SMILES string of the molecule is CN(Cc1csc(CNC2CC2)n1)c1ccc(F)cc1. The molecule has 0 aliphatic heterocycles. The number of aromatic nitrogens is 1. The molecule has 2 aromatic rings. The molecule has 20 heavy (non-hydrogen) atoms. The number of hydrogen-bond acceptors (Lipinski definition) is 4. The zero-order valence-electron chi connectivity index (χ0n) is 11.5. The largest absolute Gasteiger partial charge is 0.369 e. The molecule has 0 unspecified atom stereocenters. The second-order valence-electron chi connectivity index (χ2n) is 5.22. The van der Waals surface area contributed by atoms with Crippen molar-refractivity contribution < 1.29 is 4.39 Å². The van der Waals surface area contributed by atoms with Gasteiger partial charge in [0.05, 0.1) is 12.2 Å². The van der Waals surface area contributed by atoms with Gasteiger partial charge in [0.15, 0.2) is 0 Å². The van der Waals surface area contributed by atoms with E-state index in [1.165, 1.54) is 25.0 Å². The lowest BCUT2D eigenvalue weighted by atomic mass is 10.3. The summed E-state index contributed by atoms with van der Waals surface area (Å²) in [6.07, 6.45) is 2.59. The van der Waals surface area contributed by atoms with Gasteiger partial charge < -0.3 is 10.2 Å². The van der Waals surface area contributed by atoms with Gasteiger partial charge in [-0.25, -0.2) is 9.37 Å². The second-order valence-corrected chi connectivity index (χ2v) is 6.16.